The molecule has 3 aliphatic heterocycles. The molecule has 8 rings (SSSR count). The quantitative estimate of drug-likeness (QED) is 0.122. The number of thioether (sulfide) groups is 1. The van der Waals surface area contributed by atoms with Gasteiger partial charge in [-0.05, 0) is 89.1 Å². The molecule has 0 bridgehead atoms. The Morgan fingerprint density at radius 3 is 2.03 bits per heavy atom. The van der Waals surface area contributed by atoms with Gasteiger partial charge in [-0.15, -0.1) is 0 Å². The largest absolute Gasteiger partial charge is 0.506 e. The fourth-order valence-electron chi connectivity index (χ4n) is 9.10. The van der Waals surface area contributed by atoms with Crippen molar-refractivity contribution in [3.63, 3.8) is 0 Å². The van der Waals surface area contributed by atoms with Crippen LogP contribution in [0.25, 0.3) is 5.57 Å². The van der Waals surface area contributed by atoms with Crippen LogP contribution in [-0.2, 0) is 20.4 Å². The van der Waals surface area contributed by atoms with Crippen molar-refractivity contribution < 1.29 is 38.9 Å². The lowest BCUT2D eigenvalue weighted by molar-refractivity contribution is -0.438. The van der Waals surface area contributed by atoms with E-state index in [0.29, 0.717) is 24.2 Å². The van der Waals surface area contributed by atoms with Gasteiger partial charge in [-0.2, -0.15) is 9.15 Å². The zero-order valence-corrected chi connectivity index (χ0v) is 35.6. The van der Waals surface area contributed by atoms with Gasteiger partial charge < -0.3 is 20.2 Å². The fraction of sp³-hybridized carbons (Fsp3) is 0.327. The summed E-state index contributed by atoms with van der Waals surface area (Å²) >= 11 is 1.62. The number of allylic oxidation sites excluding steroid dienone is 7. The molecule has 0 saturated carbocycles. The van der Waals surface area contributed by atoms with Crippen molar-refractivity contribution in [2.45, 2.75) is 89.9 Å². The topological polar surface area (TPSA) is 121 Å². The smallest absolute Gasteiger partial charge is 0.335 e. The van der Waals surface area contributed by atoms with Gasteiger partial charge in [-0.3, -0.25) is 9.59 Å². The van der Waals surface area contributed by atoms with E-state index in [-0.39, 0.29) is 45.4 Å². The average Bonchev–Trinajstić information content (AvgIpc) is 3.76. The molecule has 5 aliphatic rings. The van der Waals surface area contributed by atoms with Crippen molar-refractivity contribution in [2.75, 3.05) is 24.5 Å². The molecule has 59 heavy (non-hydrogen) atoms. The number of para-hydroxylation sites is 1. The van der Waals surface area contributed by atoms with Gasteiger partial charge in [0.05, 0.1) is 49.4 Å². The summed E-state index contributed by atoms with van der Waals surface area (Å²) < 4.78 is 4.28. The monoisotopic (exact) mass is 809 g/mol. The summed E-state index contributed by atoms with van der Waals surface area (Å²) in [6.07, 6.45) is 9.34. The number of fused-ring (bicyclic) bond motifs is 3. The van der Waals surface area contributed by atoms with Crippen LogP contribution in [0.4, 0.5) is 17.1 Å². The third-order valence-corrected chi connectivity index (χ3v) is 13.6. The number of nitrogens with zero attached hydrogens (tertiary/aromatic N) is 3. The van der Waals surface area contributed by atoms with Crippen LogP contribution in [0.1, 0.15) is 101 Å². The van der Waals surface area contributed by atoms with E-state index in [4.69, 9.17) is 0 Å². The number of carbonyl (C=O) groups excluding carboxylic acids is 2. The van der Waals surface area contributed by atoms with E-state index in [1.165, 1.54) is 0 Å². The molecule has 3 aromatic rings. The summed E-state index contributed by atoms with van der Waals surface area (Å²) in [6, 6.07) is 19.1. The van der Waals surface area contributed by atoms with Crippen LogP contribution >= 0.6 is 11.8 Å². The summed E-state index contributed by atoms with van der Waals surface area (Å²) in [5.41, 5.74) is 7.14. The van der Waals surface area contributed by atoms with E-state index in [1.54, 1.807) is 30.0 Å². The Balaban J connectivity index is 1.12. The highest BCUT2D eigenvalue weighted by Crippen LogP contribution is 2.49. The van der Waals surface area contributed by atoms with Crippen molar-refractivity contribution in [2.24, 2.45) is 0 Å². The van der Waals surface area contributed by atoms with E-state index in [1.807, 2.05) is 69.3 Å². The number of aliphatic hydroxyl groups is 2. The Labute approximate surface area is 349 Å². The Kier molecular flexibility index (Phi) is 10.1. The first-order valence-corrected chi connectivity index (χ1v) is 21.5. The fourth-order valence-corrected chi connectivity index (χ4v) is 10.2. The maximum absolute atomic E-state index is 14.0. The molecule has 3 heterocycles. The first-order chi connectivity index (χ1) is 28.1. The average molecular weight is 810 g/mol. The molecule has 3 aromatic carbocycles. The number of aliphatic hydroxyl groups excluding tert-OH is 2. The number of Topliss-reactive ketones (excluding diaryl/α,β-unsaturated/α-hetero) is 2. The van der Waals surface area contributed by atoms with Gasteiger partial charge in [0.25, 0.3) is 0 Å². The van der Waals surface area contributed by atoms with E-state index in [9.17, 15) is 29.7 Å². The lowest BCUT2D eigenvalue weighted by Crippen LogP contribution is -2.31. The molecule has 2 aliphatic carbocycles. The number of hydrogen-bond acceptors (Lipinski definition) is 7. The van der Waals surface area contributed by atoms with Gasteiger partial charge in [0.2, 0.25) is 22.9 Å². The summed E-state index contributed by atoms with van der Waals surface area (Å²) in [7, 11) is 0. The number of carboxylic acid groups (broad SMARTS) is 1. The summed E-state index contributed by atoms with van der Waals surface area (Å²) in [5.74, 6) is -1.53. The highest BCUT2D eigenvalue weighted by Gasteiger charge is 2.49. The van der Waals surface area contributed by atoms with Gasteiger partial charge in [-0.1, -0.05) is 50.6 Å². The molecular weight excluding hydrogens is 759 g/mol. The molecule has 0 atom stereocenters. The zero-order chi connectivity index (χ0) is 42.1. The molecule has 3 N–H and O–H groups in total. The third-order valence-electron chi connectivity index (χ3n) is 12.5. The maximum Gasteiger partial charge on any atom is 0.335 e. The van der Waals surface area contributed by atoms with Gasteiger partial charge >= 0.3 is 5.97 Å². The zero-order valence-electron chi connectivity index (χ0n) is 34.8. The molecule has 0 amide bonds. The first kappa shape index (κ1) is 40.1. The molecule has 0 unspecified atom stereocenters. The number of aromatic carboxylic acids is 1. The van der Waals surface area contributed by atoms with Gasteiger partial charge in [0, 0.05) is 53.3 Å². The van der Waals surface area contributed by atoms with Crippen LogP contribution in [0.3, 0.4) is 0 Å². The second kappa shape index (κ2) is 14.8. The number of benzene rings is 3. The van der Waals surface area contributed by atoms with Crippen molar-refractivity contribution in [1.82, 2.24) is 0 Å². The number of carboxylic acids is 1. The van der Waals surface area contributed by atoms with E-state index < -0.39 is 16.8 Å². The second-order valence-corrected chi connectivity index (χ2v) is 17.9. The number of rotatable bonds is 12. The number of ketones is 2. The highest BCUT2D eigenvalue weighted by atomic mass is 32.2. The third kappa shape index (κ3) is 6.26. The van der Waals surface area contributed by atoms with Crippen molar-refractivity contribution >= 4 is 63.4 Å². The Bertz CT molecular complexity index is 2630. The molecular formula is C49H51N3O6S+2. The number of carbonyl (C=O) groups is 3. The van der Waals surface area contributed by atoms with Crippen LogP contribution in [0.2, 0.25) is 0 Å². The highest BCUT2D eigenvalue weighted by molar-refractivity contribution is 8.03. The minimum absolute atomic E-state index is 0.00489. The minimum atomic E-state index is -1.00. The van der Waals surface area contributed by atoms with E-state index >= 15 is 0 Å². The molecule has 0 saturated heterocycles. The summed E-state index contributed by atoms with van der Waals surface area (Å²) in [6.45, 7) is 16.6. The molecule has 9 nitrogen and oxygen atoms in total. The molecule has 302 valence electrons. The van der Waals surface area contributed by atoms with E-state index in [2.05, 4.69) is 53.9 Å². The Hall–Kier alpha value is -5.74. The Morgan fingerprint density at radius 1 is 0.763 bits per heavy atom. The molecule has 0 spiro atoms. The first-order valence-electron chi connectivity index (χ1n) is 20.6. The van der Waals surface area contributed by atoms with Crippen LogP contribution in [0.5, 0.6) is 0 Å². The Morgan fingerprint density at radius 2 is 1.39 bits per heavy atom. The predicted molar refractivity (Wildman–Crippen MR) is 234 cm³/mol. The van der Waals surface area contributed by atoms with Crippen LogP contribution in [0, 0.1) is 0 Å². The van der Waals surface area contributed by atoms with Crippen LogP contribution in [-0.4, -0.2) is 73.1 Å². The summed E-state index contributed by atoms with van der Waals surface area (Å²) in [5, 5.41) is 33.6. The standard InChI is InChI=1S/C49H49N3O6S/c1-8-11-21-51-36-19-17-28(42-45(55)31(46(42)56)26-39-48(4,5)34-24-29(47(57)58)18-20-35(34)50(39)10-3)23-33(36)49(6,7)40(51)25-30-43(53)32(44(30)54)27-41-52(22-12-9-2)37-15-13-14-16-38(37)59-41/h13-20,23-27H,8-12,21-22H2,1-7H3,(H-2,53,54,55,56,57,58)/p+2. The molecule has 0 aromatic heterocycles. The van der Waals surface area contributed by atoms with Crippen LogP contribution in [0.15, 0.2) is 117 Å². The number of anilines is 1. The van der Waals surface area contributed by atoms with Gasteiger partial charge in [0.1, 0.15) is 24.6 Å². The van der Waals surface area contributed by atoms with Crippen molar-refractivity contribution in [3.05, 3.63) is 134 Å². The molecule has 10 heteroatoms. The van der Waals surface area contributed by atoms with Crippen molar-refractivity contribution in [3.8, 4) is 0 Å². The molecule has 0 radical (unpaired) electrons. The lowest BCUT2D eigenvalue weighted by Gasteiger charge is -2.24. The minimum Gasteiger partial charge on any atom is -0.506 e. The van der Waals surface area contributed by atoms with Crippen molar-refractivity contribution in [1.29, 1.82) is 0 Å². The second-order valence-electron chi connectivity index (χ2n) is 16.9. The lowest BCUT2D eigenvalue weighted by atomic mass is 9.75. The predicted octanol–water partition coefficient (Wildman–Crippen LogP) is 10.0. The SMILES string of the molecule is CCCCN1/C(=C/C2=C(O)C(=C\C3=[N+](CCCC)c4ccc(C5=C(O)/C(=C/C6=[N+](CC)c7ccc(C(=O)O)cc7C6(C)C)C5=O)cc4C3(C)C)/C2=O)Sc2ccccc21. The molecule has 0 fully saturated rings. The van der Waals surface area contributed by atoms with Crippen LogP contribution < -0.4 is 4.90 Å². The van der Waals surface area contributed by atoms with E-state index in [0.717, 1.165) is 81.8 Å². The normalized spacial score (nSPS) is 20.9. The maximum atomic E-state index is 14.0. The summed E-state index contributed by atoms with van der Waals surface area (Å²) in [4.78, 5) is 43.0. The number of unbranched alkanes of at least 4 members (excludes halogenated alkanes) is 2. The van der Waals surface area contributed by atoms with Gasteiger partial charge in [0.15, 0.2) is 11.4 Å². The number of hydrogen-bond donors (Lipinski definition) is 3. The van der Waals surface area contributed by atoms with Gasteiger partial charge in [-0.25, -0.2) is 4.79 Å².